The average molecular weight is 468 g/mol. The Kier molecular flexibility index (Phi) is 6.33. The Bertz CT molecular complexity index is 1650. The molecule has 0 spiro atoms. The first-order valence-corrected chi connectivity index (χ1v) is 12.9. The number of para-hydroxylation sites is 1. The zero-order valence-electron chi connectivity index (χ0n) is 20.8. The smallest absolute Gasteiger partial charge is 0.199 e. The maximum absolute atomic E-state index is 13.9. The summed E-state index contributed by atoms with van der Waals surface area (Å²) in [7, 11) is 0. The molecule has 5 aromatic rings. The molecule has 35 heavy (non-hydrogen) atoms. The number of nitrogens with one attached hydrogen (secondary N) is 2. The number of benzene rings is 3. The summed E-state index contributed by atoms with van der Waals surface area (Å²) in [4.78, 5) is 36.6. The van der Waals surface area contributed by atoms with Crippen molar-refractivity contribution in [3.8, 4) is 0 Å². The first-order valence-electron chi connectivity index (χ1n) is 12.9. The van der Waals surface area contributed by atoms with E-state index in [2.05, 4.69) is 41.7 Å². The summed E-state index contributed by atoms with van der Waals surface area (Å²) in [5.41, 5.74) is 5.15. The number of aromatic amines is 2. The Labute approximate surface area is 204 Å². The predicted octanol–water partition coefficient (Wildman–Crippen LogP) is 6.65. The van der Waals surface area contributed by atoms with E-state index in [1.54, 1.807) is 0 Å². The molecule has 2 aromatic heterocycles. The number of aryl methyl sites for hydroxylation is 1. The number of pyridine rings is 2. The Morgan fingerprint density at radius 2 is 1.37 bits per heavy atom. The second-order valence-corrected chi connectivity index (χ2v) is 9.44. The highest BCUT2D eigenvalue weighted by Gasteiger charge is 2.16. The monoisotopic (exact) mass is 467 g/mol. The molecule has 0 bridgehead atoms. The zero-order chi connectivity index (χ0) is 24.5. The van der Waals surface area contributed by atoms with Gasteiger partial charge in [0.05, 0.1) is 33.1 Å². The second kappa shape index (κ2) is 9.57. The van der Waals surface area contributed by atoms with Crippen LogP contribution in [-0.2, 0) is 6.42 Å². The molecule has 0 amide bonds. The summed E-state index contributed by atoms with van der Waals surface area (Å²) in [6, 6.07) is 15.6. The summed E-state index contributed by atoms with van der Waals surface area (Å²) in [6.45, 7) is 8.34. The van der Waals surface area contributed by atoms with Crippen LogP contribution < -0.4 is 15.8 Å². The number of unbranched alkanes of at least 4 members (excludes halogenated alkanes) is 2. The van der Waals surface area contributed by atoms with E-state index in [0.29, 0.717) is 27.2 Å². The highest BCUT2D eigenvalue weighted by atomic mass is 16.1. The van der Waals surface area contributed by atoms with Gasteiger partial charge in [0.25, 0.3) is 0 Å². The molecular formula is C30H33N3O2. The van der Waals surface area contributed by atoms with E-state index in [9.17, 15) is 9.59 Å². The SMILES string of the molecule is CCCCN(CCCC)c1cccc2[nH]c3cc4c(=O)c5cccc(CC)c5[nH]c4cc3c(=O)c12. The molecule has 0 fully saturated rings. The molecule has 0 aliphatic carbocycles. The van der Waals surface area contributed by atoms with Gasteiger partial charge in [-0.05, 0) is 55.2 Å². The van der Waals surface area contributed by atoms with E-state index < -0.39 is 0 Å². The van der Waals surface area contributed by atoms with E-state index in [0.717, 1.165) is 72.9 Å². The van der Waals surface area contributed by atoms with Crippen LogP contribution in [0, 0.1) is 0 Å². The number of anilines is 1. The van der Waals surface area contributed by atoms with Crippen LogP contribution in [0.5, 0.6) is 0 Å². The third-order valence-corrected chi connectivity index (χ3v) is 7.13. The normalized spacial score (nSPS) is 11.7. The average Bonchev–Trinajstić information content (AvgIpc) is 2.88. The van der Waals surface area contributed by atoms with Crippen molar-refractivity contribution in [1.82, 2.24) is 9.97 Å². The largest absolute Gasteiger partial charge is 0.371 e. The van der Waals surface area contributed by atoms with Gasteiger partial charge in [0, 0.05) is 29.2 Å². The molecule has 0 aliphatic rings. The Hall–Kier alpha value is -3.60. The van der Waals surface area contributed by atoms with Gasteiger partial charge in [-0.1, -0.05) is 51.8 Å². The van der Waals surface area contributed by atoms with Crippen molar-refractivity contribution in [3.63, 3.8) is 0 Å². The minimum atomic E-state index is -0.00838. The van der Waals surface area contributed by atoms with Gasteiger partial charge in [-0.3, -0.25) is 9.59 Å². The van der Waals surface area contributed by atoms with Gasteiger partial charge in [-0.25, -0.2) is 0 Å². The molecule has 0 radical (unpaired) electrons. The summed E-state index contributed by atoms with van der Waals surface area (Å²) in [5, 5.41) is 2.61. The fourth-order valence-corrected chi connectivity index (χ4v) is 5.17. The molecule has 0 saturated heterocycles. The van der Waals surface area contributed by atoms with Gasteiger partial charge in [-0.2, -0.15) is 0 Å². The predicted molar refractivity (Wildman–Crippen MR) is 149 cm³/mol. The molecule has 5 rings (SSSR count). The van der Waals surface area contributed by atoms with Crippen LogP contribution in [0.15, 0.2) is 58.1 Å². The van der Waals surface area contributed by atoms with Crippen LogP contribution in [0.25, 0.3) is 43.6 Å². The molecule has 5 nitrogen and oxygen atoms in total. The van der Waals surface area contributed by atoms with Crippen molar-refractivity contribution in [2.75, 3.05) is 18.0 Å². The van der Waals surface area contributed by atoms with E-state index >= 15 is 0 Å². The highest BCUT2D eigenvalue weighted by Crippen LogP contribution is 2.28. The van der Waals surface area contributed by atoms with Gasteiger partial charge in [0.15, 0.2) is 10.9 Å². The molecule has 3 aromatic carbocycles. The molecule has 0 unspecified atom stereocenters. The van der Waals surface area contributed by atoms with Crippen LogP contribution in [0.2, 0.25) is 0 Å². The van der Waals surface area contributed by atoms with Gasteiger partial charge < -0.3 is 14.9 Å². The zero-order valence-corrected chi connectivity index (χ0v) is 20.8. The van der Waals surface area contributed by atoms with Crippen molar-refractivity contribution in [2.24, 2.45) is 0 Å². The van der Waals surface area contributed by atoms with E-state index in [1.807, 2.05) is 42.5 Å². The maximum atomic E-state index is 13.9. The lowest BCUT2D eigenvalue weighted by atomic mass is 10.0. The van der Waals surface area contributed by atoms with Crippen LogP contribution in [0.3, 0.4) is 0 Å². The fourth-order valence-electron chi connectivity index (χ4n) is 5.17. The summed E-state index contributed by atoms with van der Waals surface area (Å²) in [5.74, 6) is 0. The molecule has 0 atom stereocenters. The van der Waals surface area contributed by atoms with Crippen LogP contribution in [-0.4, -0.2) is 23.1 Å². The Morgan fingerprint density at radius 3 is 2.06 bits per heavy atom. The Morgan fingerprint density at radius 1 is 0.714 bits per heavy atom. The first kappa shape index (κ1) is 23.2. The summed E-state index contributed by atoms with van der Waals surface area (Å²) in [6.07, 6.45) is 5.22. The van der Waals surface area contributed by atoms with Crippen LogP contribution >= 0.6 is 0 Å². The third kappa shape index (κ3) is 3.99. The number of hydrogen-bond acceptors (Lipinski definition) is 3. The fraction of sp³-hybridized carbons (Fsp3) is 0.333. The van der Waals surface area contributed by atoms with Gasteiger partial charge in [-0.15, -0.1) is 0 Å². The lowest BCUT2D eigenvalue weighted by molar-refractivity contribution is 0.679. The topological polar surface area (TPSA) is 69.0 Å². The molecule has 2 N–H and O–H groups in total. The number of H-pyrrole nitrogens is 2. The molecule has 180 valence electrons. The summed E-state index contributed by atoms with van der Waals surface area (Å²) >= 11 is 0. The van der Waals surface area contributed by atoms with Crippen molar-refractivity contribution < 1.29 is 0 Å². The lowest BCUT2D eigenvalue weighted by Gasteiger charge is -2.26. The number of rotatable bonds is 8. The summed E-state index contributed by atoms with van der Waals surface area (Å²) < 4.78 is 0. The quantitative estimate of drug-likeness (QED) is 0.251. The molecule has 2 heterocycles. The highest BCUT2D eigenvalue weighted by molar-refractivity contribution is 6.05. The van der Waals surface area contributed by atoms with Crippen molar-refractivity contribution in [2.45, 2.75) is 52.9 Å². The third-order valence-electron chi connectivity index (χ3n) is 7.13. The molecule has 5 heteroatoms. The standard InChI is InChI=1S/C30H33N3O2/c1-4-7-15-33(16-8-5-2)26-14-10-13-23-27(26)30(35)22-18-25-21(17-24(22)31-23)29(34)20-12-9-11-19(6-3)28(20)32-25/h9-14,17-18H,4-8,15-16H2,1-3H3,(H,31,35)(H,32,34). The second-order valence-electron chi connectivity index (χ2n) is 9.44. The number of nitrogens with zero attached hydrogens (tertiary/aromatic N) is 1. The maximum Gasteiger partial charge on any atom is 0.199 e. The number of hydrogen-bond donors (Lipinski definition) is 2. The Balaban J connectivity index is 1.80. The number of fused-ring (bicyclic) bond motifs is 4. The number of aromatic nitrogens is 2. The molecular weight excluding hydrogens is 434 g/mol. The van der Waals surface area contributed by atoms with Gasteiger partial charge in [0.1, 0.15) is 0 Å². The van der Waals surface area contributed by atoms with E-state index in [1.165, 1.54) is 0 Å². The molecule has 0 saturated carbocycles. The minimum absolute atomic E-state index is 0.00831. The van der Waals surface area contributed by atoms with Crippen molar-refractivity contribution in [3.05, 3.63) is 74.5 Å². The van der Waals surface area contributed by atoms with Gasteiger partial charge in [0.2, 0.25) is 0 Å². The molecule has 0 aliphatic heterocycles. The van der Waals surface area contributed by atoms with Crippen LogP contribution in [0.4, 0.5) is 5.69 Å². The lowest BCUT2D eigenvalue weighted by Crippen LogP contribution is -2.27. The van der Waals surface area contributed by atoms with E-state index in [4.69, 9.17) is 0 Å². The van der Waals surface area contributed by atoms with Crippen LogP contribution in [0.1, 0.15) is 52.0 Å². The minimum Gasteiger partial charge on any atom is -0.371 e. The first-order chi connectivity index (χ1) is 17.1. The van der Waals surface area contributed by atoms with Gasteiger partial charge >= 0.3 is 0 Å². The van der Waals surface area contributed by atoms with E-state index in [-0.39, 0.29) is 10.9 Å². The van der Waals surface area contributed by atoms with Crippen molar-refractivity contribution >= 4 is 49.3 Å². The van der Waals surface area contributed by atoms with Crippen molar-refractivity contribution in [1.29, 1.82) is 0 Å².